The zero-order valence-corrected chi connectivity index (χ0v) is 8.43. The van der Waals surface area contributed by atoms with Gasteiger partial charge >= 0.3 is 0 Å². The van der Waals surface area contributed by atoms with Gasteiger partial charge in [-0.3, -0.25) is 9.48 Å². The second-order valence-electron chi connectivity index (χ2n) is 3.18. The van der Waals surface area contributed by atoms with E-state index in [1.165, 1.54) is 0 Å². The van der Waals surface area contributed by atoms with Gasteiger partial charge in [0.1, 0.15) is 5.69 Å². The van der Waals surface area contributed by atoms with E-state index in [0.717, 1.165) is 0 Å². The van der Waals surface area contributed by atoms with E-state index in [-0.39, 0.29) is 18.2 Å². The number of aromatic nitrogens is 2. The number of nitrogens with zero attached hydrogens (tertiary/aromatic N) is 2. The molecule has 0 radical (unpaired) electrons. The predicted molar refractivity (Wildman–Crippen MR) is 52.0 cm³/mol. The Balaban J connectivity index is 2.55. The Morgan fingerprint density at radius 2 is 2.50 bits per heavy atom. The summed E-state index contributed by atoms with van der Waals surface area (Å²) in [5.74, 6) is -0.00505. The second-order valence-corrected chi connectivity index (χ2v) is 3.18. The third-order valence-electron chi connectivity index (χ3n) is 1.93. The lowest BCUT2D eigenvalue weighted by Gasteiger charge is -2.08. The van der Waals surface area contributed by atoms with Crippen LogP contribution in [0.25, 0.3) is 0 Å². The molecule has 0 aliphatic rings. The molecule has 5 heteroatoms. The third kappa shape index (κ3) is 2.65. The van der Waals surface area contributed by atoms with Crippen LogP contribution in [0.3, 0.4) is 0 Å². The summed E-state index contributed by atoms with van der Waals surface area (Å²) >= 11 is 0. The Kier molecular flexibility index (Phi) is 3.79. The van der Waals surface area contributed by atoms with Crippen LogP contribution in [0, 0.1) is 0 Å². The summed E-state index contributed by atoms with van der Waals surface area (Å²) in [4.78, 5) is 11.6. The molecule has 5 nitrogen and oxygen atoms in total. The Morgan fingerprint density at radius 1 is 1.79 bits per heavy atom. The van der Waals surface area contributed by atoms with Crippen molar-refractivity contribution in [2.45, 2.75) is 12.5 Å². The number of ether oxygens (including phenoxy) is 1. The average Bonchev–Trinajstić information content (AvgIpc) is 2.51. The largest absolute Gasteiger partial charge is 0.383 e. The van der Waals surface area contributed by atoms with E-state index in [9.17, 15) is 4.79 Å². The van der Waals surface area contributed by atoms with Gasteiger partial charge in [0.2, 0.25) is 0 Å². The van der Waals surface area contributed by atoms with Crippen LogP contribution in [-0.4, -0.2) is 35.3 Å². The first-order valence-electron chi connectivity index (χ1n) is 4.41. The maximum atomic E-state index is 11.6. The molecule has 0 aliphatic heterocycles. The molecule has 1 heterocycles. The molecule has 0 bridgehead atoms. The molecule has 1 rings (SSSR count). The lowest BCUT2D eigenvalue weighted by molar-refractivity contribution is 0.0940. The zero-order chi connectivity index (χ0) is 10.6. The molecule has 1 aromatic heterocycles. The standard InChI is InChI=1S/C9H15N3O2/c1-12-8(3-4-11-12)9(13)5-7(10)6-14-2/h3-4,7H,5-6,10H2,1-2H3. The van der Waals surface area contributed by atoms with Crippen molar-refractivity contribution in [2.24, 2.45) is 12.8 Å². The number of ketones is 1. The smallest absolute Gasteiger partial charge is 0.182 e. The number of nitrogens with two attached hydrogens (primary N) is 1. The fourth-order valence-corrected chi connectivity index (χ4v) is 1.26. The number of aryl methyl sites for hydroxylation is 1. The van der Waals surface area contributed by atoms with Crippen molar-refractivity contribution < 1.29 is 9.53 Å². The number of hydrogen-bond donors (Lipinski definition) is 1. The van der Waals surface area contributed by atoms with Crippen LogP contribution in [0.15, 0.2) is 12.3 Å². The normalized spacial score (nSPS) is 12.8. The van der Waals surface area contributed by atoms with Crippen LogP contribution in [0.1, 0.15) is 16.9 Å². The first kappa shape index (κ1) is 10.9. The highest BCUT2D eigenvalue weighted by Gasteiger charge is 2.13. The van der Waals surface area contributed by atoms with Gasteiger partial charge in [0, 0.05) is 32.8 Å². The van der Waals surface area contributed by atoms with E-state index < -0.39 is 0 Å². The number of Topliss-reactive ketones (excluding diaryl/α,β-unsaturated/α-hetero) is 1. The highest BCUT2D eigenvalue weighted by molar-refractivity contribution is 5.94. The second kappa shape index (κ2) is 4.88. The molecule has 0 aliphatic carbocycles. The molecular weight excluding hydrogens is 182 g/mol. The van der Waals surface area contributed by atoms with Crippen molar-refractivity contribution in [1.29, 1.82) is 0 Å². The molecule has 2 N–H and O–H groups in total. The molecule has 0 amide bonds. The van der Waals surface area contributed by atoms with Crippen LogP contribution in [0.4, 0.5) is 0 Å². The summed E-state index contributed by atoms with van der Waals surface area (Å²) < 4.78 is 6.40. The molecule has 0 saturated carbocycles. The van der Waals surface area contributed by atoms with Crippen molar-refractivity contribution >= 4 is 5.78 Å². The first-order valence-corrected chi connectivity index (χ1v) is 4.41. The van der Waals surface area contributed by atoms with Crippen molar-refractivity contribution in [1.82, 2.24) is 9.78 Å². The van der Waals surface area contributed by atoms with Gasteiger partial charge in [0.25, 0.3) is 0 Å². The minimum atomic E-state index is -0.248. The fourth-order valence-electron chi connectivity index (χ4n) is 1.26. The van der Waals surface area contributed by atoms with E-state index >= 15 is 0 Å². The molecule has 14 heavy (non-hydrogen) atoms. The van der Waals surface area contributed by atoms with Crippen molar-refractivity contribution in [2.75, 3.05) is 13.7 Å². The van der Waals surface area contributed by atoms with Crippen molar-refractivity contribution in [3.8, 4) is 0 Å². The minimum Gasteiger partial charge on any atom is -0.383 e. The number of hydrogen-bond acceptors (Lipinski definition) is 4. The number of methoxy groups -OCH3 is 1. The van der Waals surface area contributed by atoms with Crippen LogP contribution >= 0.6 is 0 Å². The van der Waals surface area contributed by atoms with E-state index in [1.807, 2.05) is 0 Å². The molecule has 0 aromatic carbocycles. The molecule has 1 atom stereocenters. The van der Waals surface area contributed by atoms with Gasteiger partial charge < -0.3 is 10.5 Å². The molecular formula is C9H15N3O2. The van der Waals surface area contributed by atoms with Gasteiger partial charge in [-0.15, -0.1) is 0 Å². The van der Waals surface area contributed by atoms with Gasteiger partial charge in [-0.25, -0.2) is 0 Å². The van der Waals surface area contributed by atoms with Crippen LogP contribution in [-0.2, 0) is 11.8 Å². The first-order chi connectivity index (χ1) is 6.65. The number of carbonyl (C=O) groups is 1. The predicted octanol–water partition coefficient (Wildman–Crippen LogP) is -0.0334. The third-order valence-corrected chi connectivity index (χ3v) is 1.93. The van der Waals surface area contributed by atoms with Crippen molar-refractivity contribution in [3.05, 3.63) is 18.0 Å². The Hall–Kier alpha value is -1.20. The average molecular weight is 197 g/mol. The van der Waals surface area contributed by atoms with E-state index in [1.54, 1.807) is 31.1 Å². The molecule has 78 valence electrons. The molecule has 1 aromatic rings. The number of rotatable bonds is 5. The van der Waals surface area contributed by atoms with Crippen molar-refractivity contribution in [3.63, 3.8) is 0 Å². The summed E-state index contributed by atoms with van der Waals surface area (Å²) in [6.45, 7) is 0.392. The SMILES string of the molecule is COCC(N)CC(=O)c1ccnn1C. The van der Waals surface area contributed by atoms with Gasteiger partial charge in [0.15, 0.2) is 5.78 Å². The summed E-state index contributed by atoms with van der Waals surface area (Å²) in [7, 11) is 3.30. The Morgan fingerprint density at radius 3 is 3.00 bits per heavy atom. The highest BCUT2D eigenvalue weighted by atomic mass is 16.5. The lowest BCUT2D eigenvalue weighted by Crippen LogP contribution is -2.29. The van der Waals surface area contributed by atoms with E-state index in [4.69, 9.17) is 10.5 Å². The highest BCUT2D eigenvalue weighted by Crippen LogP contribution is 2.03. The summed E-state index contributed by atoms with van der Waals surface area (Å²) in [5, 5.41) is 3.91. The molecule has 1 unspecified atom stereocenters. The van der Waals surface area contributed by atoms with Crippen LogP contribution < -0.4 is 5.73 Å². The minimum absolute atomic E-state index is 0.00505. The molecule has 0 fully saturated rings. The van der Waals surface area contributed by atoms with Gasteiger partial charge in [-0.2, -0.15) is 5.10 Å². The summed E-state index contributed by atoms with van der Waals surface area (Å²) in [6, 6.07) is 1.43. The quantitative estimate of drug-likeness (QED) is 0.673. The van der Waals surface area contributed by atoms with Gasteiger partial charge in [-0.05, 0) is 6.07 Å². The maximum Gasteiger partial charge on any atom is 0.182 e. The number of carbonyl (C=O) groups excluding carboxylic acids is 1. The Labute approximate surface area is 82.8 Å². The van der Waals surface area contributed by atoms with Crippen LogP contribution in [0.5, 0.6) is 0 Å². The zero-order valence-electron chi connectivity index (χ0n) is 8.43. The summed E-state index contributed by atoms with van der Waals surface area (Å²) in [5.41, 5.74) is 6.25. The molecule has 0 spiro atoms. The monoisotopic (exact) mass is 197 g/mol. The van der Waals surface area contributed by atoms with E-state index in [2.05, 4.69) is 5.10 Å². The Bertz CT molecular complexity index is 309. The maximum absolute atomic E-state index is 11.6. The lowest BCUT2D eigenvalue weighted by atomic mass is 10.1. The fraction of sp³-hybridized carbons (Fsp3) is 0.556. The van der Waals surface area contributed by atoms with E-state index in [0.29, 0.717) is 12.3 Å². The summed E-state index contributed by atoms with van der Waals surface area (Å²) in [6.07, 6.45) is 1.88. The van der Waals surface area contributed by atoms with Gasteiger partial charge in [0.05, 0.1) is 6.61 Å². The van der Waals surface area contributed by atoms with Gasteiger partial charge in [-0.1, -0.05) is 0 Å². The van der Waals surface area contributed by atoms with Crippen LogP contribution in [0.2, 0.25) is 0 Å². The molecule has 0 saturated heterocycles. The topological polar surface area (TPSA) is 70.1 Å².